The number of benzene rings is 1. The highest BCUT2D eigenvalue weighted by molar-refractivity contribution is 5.65. The van der Waals surface area contributed by atoms with Crippen LogP contribution >= 0.6 is 0 Å². The summed E-state index contributed by atoms with van der Waals surface area (Å²) in [5.74, 6) is 0. The first-order valence-electron chi connectivity index (χ1n) is 8.37. The lowest BCUT2D eigenvalue weighted by molar-refractivity contribution is 0.128. The molecule has 1 aliphatic heterocycles. The molecule has 1 aliphatic rings. The molecule has 1 atom stereocenters. The standard InChI is InChI=1S/C18H22N4O3/c23-17-3-1-2-11-22(17)16-6-4-14(5-7-16)19-9-8-15-13-21(18(24)25)12-10-20-15/h1-7,11,15,19-20H,8-10,12-13H2,(H,24,25)/t15-/m1/s1. The van der Waals surface area contributed by atoms with Crippen LogP contribution in [-0.2, 0) is 0 Å². The van der Waals surface area contributed by atoms with E-state index in [-0.39, 0.29) is 11.6 Å². The van der Waals surface area contributed by atoms with Gasteiger partial charge in [-0.25, -0.2) is 4.79 Å². The van der Waals surface area contributed by atoms with Crippen molar-refractivity contribution in [2.24, 2.45) is 0 Å². The second kappa shape index (κ2) is 7.85. The summed E-state index contributed by atoms with van der Waals surface area (Å²) in [6.45, 7) is 2.50. The zero-order valence-corrected chi connectivity index (χ0v) is 13.9. The van der Waals surface area contributed by atoms with Gasteiger partial charge in [-0.2, -0.15) is 0 Å². The van der Waals surface area contributed by atoms with E-state index in [1.165, 1.54) is 11.0 Å². The van der Waals surface area contributed by atoms with Crippen molar-refractivity contribution in [1.29, 1.82) is 0 Å². The van der Waals surface area contributed by atoms with Crippen molar-refractivity contribution in [3.63, 3.8) is 0 Å². The molecule has 1 fully saturated rings. The van der Waals surface area contributed by atoms with Gasteiger partial charge in [-0.1, -0.05) is 6.07 Å². The topological polar surface area (TPSA) is 86.6 Å². The van der Waals surface area contributed by atoms with Gasteiger partial charge >= 0.3 is 6.09 Å². The smallest absolute Gasteiger partial charge is 0.407 e. The third kappa shape index (κ3) is 4.39. The highest BCUT2D eigenvalue weighted by Crippen LogP contribution is 2.12. The molecule has 1 saturated heterocycles. The van der Waals surface area contributed by atoms with E-state index < -0.39 is 6.09 Å². The maximum Gasteiger partial charge on any atom is 0.407 e. The molecule has 7 nitrogen and oxygen atoms in total. The first-order valence-corrected chi connectivity index (χ1v) is 8.37. The largest absolute Gasteiger partial charge is 0.465 e. The van der Waals surface area contributed by atoms with Crippen LogP contribution in [0.1, 0.15) is 6.42 Å². The summed E-state index contributed by atoms with van der Waals surface area (Å²) in [6, 6.07) is 12.9. The summed E-state index contributed by atoms with van der Waals surface area (Å²) >= 11 is 0. The van der Waals surface area contributed by atoms with Gasteiger partial charge in [-0.3, -0.25) is 9.36 Å². The van der Waals surface area contributed by atoms with Gasteiger partial charge in [0.1, 0.15) is 0 Å². The van der Waals surface area contributed by atoms with Crippen molar-refractivity contribution in [3.05, 3.63) is 59.0 Å². The minimum Gasteiger partial charge on any atom is -0.465 e. The van der Waals surface area contributed by atoms with Crippen LogP contribution in [0, 0.1) is 0 Å². The molecule has 0 spiro atoms. The Labute approximate surface area is 145 Å². The molecule has 0 saturated carbocycles. The molecule has 2 heterocycles. The van der Waals surface area contributed by atoms with E-state index in [1.807, 2.05) is 30.3 Å². The first kappa shape index (κ1) is 17.0. The molecular weight excluding hydrogens is 320 g/mol. The summed E-state index contributed by atoms with van der Waals surface area (Å²) in [6.07, 6.45) is 1.73. The van der Waals surface area contributed by atoms with Crippen molar-refractivity contribution in [1.82, 2.24) is 14.8 Å². The molecule has 1 amide bonds. The van der Waals surface area contributed by atoms with E-state index in [0.29, 0.717) is 19.6 Å². The monoisotopic (exact) mass is 342 g/mol. The lowest BCUT2D eigenvalue weighted by Crippen LogP contribution is -2.52. The van der Waals surface area contributed by atoms with Crippen LogP contribution in [0.2, 0.25) is 0 Å². The number of aromatic nitrogens is 1. The number of rotatable bonds is 5. The van der Waals surface area contributed by atoms with Gasteiger partial charge in [0.25, 0.3) is 5.56 Å². The number of nitrogens with one attached hydrogen (secondary N) is 2. The molecule has 2 aromatic rings. The van der Waals surface area contributed by atoms with Crippen LogP contribution in [0.15, 0.2) is 53.5 Å². The SMILES string of the molecule is O=C(O)N1CCN[C@H](CCNc2ccc(-n3ccccc3=O)cc2)C1. The van der Waals surface area contributed by atoms with Crippen LogP contribution < -0.4 is 16.2 Å². The Balaban J connectivity index is 1.52. The predicted octanol–water partition coefficient (Wildman–Crippen LogP) is 1.59. The number of carbonyl (C=O) groups is 1. The van der Waals surface area contributed by atoms with Gasteiger partial charge in [0.15, 0.2) is 0 Å². The molecule has 3 N–H and O–H groups in total. The molecule has 0 bridgehead atoms. The maximum atomic E-state index is 11.8. The average Bonchev–Trinajstić information content (AvgIpc) is 2.63. The number of hydrogen-bond donors (Lipinski definition) is 3. The summed E-state index contributed by atoms with van der Waals surface area (Å²) in [5.41, 5.74) is 1.73. The van der Waals surface area contributed by atoms with E-state index in [2.05, 4.69) is 10.6 Å². The molecule has 3 rings (SSSR count). The molecule has 0 radical (unpaired) electrons. The van der Waals surface area contributed by atoms with Gasteiger partial charge < -0.3 is 20.6 Å². The number of amides is 1. The Kier molecular flexibility index (Phi) is 5.35. The fraction of sp³-hybridized carbons (Fsp3) is 0.333. The van der Waals surface area contributed by atoms with Crippen molar-refractivity contribution in [3.8, 4) is 5.69 Å². The van der Waals surface area contributed by atoms with Crippen molar-refractivity contribution < 1.29 is 9.90 Å². The zero-order chi connectivity index (χ0) is 17.6. The minimum absolute atomic E-state index is 0.0606. The fourth-order valence-corrected chi connectivity index (χ4v) is 2.96. The Morgan fingerprint density at radius 3 is 2.76 bits per heavy atom. The van der Waals surface area contributed by atoms with Crippen LogP contribution in [0.4, 0.5) is 10.5 Å². The van der Waals surface area contributed by atoms with Crippen molar-refractivity contribution in [2.75, 3.05) is 31.5 Å². The van der Waals surface area contributed by atoms with Gasteiger partial charge in [0.2, 0.25) is 0 Å². The molecule has 1 aromatic heterocycles. The lowest BCUT2D eigenvalue weighted by Gasteiger charge is -2.31. The maximum absolute atomic E-state index is 11.8. The zero-order valence-electron chi connectivity index (χ0n) is 13.9. The van der Waals surface area contributed by atoms with Crippen LogP contribution in [0.5, 0.6) is 0 Å². The van der Waals surface area contributed by atoms with E-state index >= 15 is 0 Å². The Morgan fingerprint density at radius 2 is 2.04 bits per heavy atom. The third-order valence-electron chi connectivity index (χ3n) is 4.32. The highest BCUT2D eigenvalue weighted by atomic mass is 16.4. The summed E-state index contributed by atoms with van der Waals surface area (Å²) in [5, 5.41) is 15.7. The van der Waals surface area contributed by atoms with Crippen LogP contribution in [-0.4, -0.2) is 52.9 Å². The van der Waals surface area contributed by atoms with Crippen molar-refractivity contribution >= 4 is 11.8 Å². The van der Waals surface area contributed by atoms with Crippen LogP contribution in [0.3, 0.4) is 0 Å². The summed E-state index contributed by atoms with van der Waals surface area (Å²) in [4.78, 5) is 24.3. The van der Waals surface area contributed by atoms with Gasteiger partial charge in [-0.15, -0.1) is 0 Å². The molecule has 0 unspecified atom stereocenters. The van der Waals surface area contributed by atoms with Crippen LogP contribution in [0.25, 0.3) is 5.69 Å². The molecule has 132 valence electrons. The third-order valence-corrected chi connectivity index (χ3v) is 4.32. The minimum atomic E-state index is -0.855. The molecule has 7 heteroatoms. The normalized spacial score (nSPS) is 17.3. The quantitative estimate of drug-likeness (QED) is 0.768. The predicted molar refractivity (Wildman–Crippen MR) is 96.5 cm³/mol. The number of piperazine rings is 1. The van der Waals surface area contributed by atoms with Gasteiger partial charge in [0, 0.05) is 55.9 Å². The average molecular weight is 342 g/mol. The van der Waals surface area contributed by atoms with E-state index in [4.69, 9.17) is 5.11 Å². The Hall–Kier alpha value is -2.80. The lowest BCUT2D eigenvalue weighted by atomic mass is 10.1. The molecule has 25 heavy (non-hydrogen) atoms. The van der Waals surface area contributed by atoms with E-state index in [0.717, 1.165) is 24.3 Å². The fourth-order valence-electron chi connectivity index (χ4n) is 2.96. The van der Waals surface area contributed by atoms with Gasteiger partial charge in [0.05, 0.1) is 0 Å². The molecule has 0 aliphatic carbocycles. The second-order valence-electron chi connectivity index (χ2n) is 6.05. The summed E-state index contributed by atoms with van der Waals surface area (Å²) in [7, 11) is 0. The second-order valence-corrected chi connectivity index (χ2v) is 6.05. The van der Waals surface area contributed by atoms with Crippen molar-refractivity contribution in [2.45, 2.75) is 12.5 Å². The number of pyridine rings is 1. The summed E-state index contributed by atoms with van der Waals surface area (Å²) < 4.78 is 1.59. The van der Waals surface area contributed by atoms with Gasteiger partial charge in [-0.05, 0) is 36.8 Å². The number of nitrogens with zero attached hydrogens (tertiary/aromatic N) is 2. The Bertz CT molecular complexity index is 772. The van der Waals surface area contributed by atoms with E-state index in [9.17, 15) is 9.59 Å². The Morgan fingerprint density at radius 1 is 1.24 bits per heavy atom. The number of hydrogen-bond acceptors (Lipinski definition) is 4. The van der Waals surface area contributed by atoms with E-state index in [1.54, 1.807) is 16.8 Å². The molecular formula is C18H22N4O3. The highest BCUT2D eigenvalue weighted by Gasteiger charge is 2.21. The first-order chi connectivity index (χ1) is 12.1. The number of carboxylic acid groups (broad SMARTS) is 1. The molecule has 1 aromatic carbocycles. The number of anilines is 1.